The first kappa shape index (κ1) is 7.94. The van der Waals surface area contributed by atoms with Crippen LogP contribution in [-0.4, -0.2) is 4.21 Å². The second-order valence-corrected chi connectivity index (χ2v) is 4.58. The van der Waals surface area contributed by atoms with Gasteiger partial charge in [-0.15, -0.1) is 0 Å². The van der Waals surface area contributed by atoms with Gasteiger partial charge in [-0.1, -0.05) is 36.4 Å². The van der Waals surface area contributed by atoms with E-state index in [-0.39, 0.29) is 0 Å². The molecule has 0 spiro atoms. The van der Waals surface area contributed by atoms with Crippen LogP contribution >= 0.6 is 0 Å². The third-order valence-corrected chi connectivity index (χ3v) is 3.72. The number of rotatable bonds is 0. The number of benzene rings is 2. The maximum atomic E-state index is 11.7. The molecule has 68 valence electrons. The van der Waals surface area contributed by atoms with Crippen molar-refractivity contribution in [3.63, 3.8) is 0 Å². The Balaban J connectivity index is 2.50. The molecule has 0 saturated carbocycles. The summed E-state index contributed by atoms with van der Waals surface area (Å²) in [6.07, 6.45) is 1.93. The summed E-state index contributed by atoms with van der Waals surface area (Å²) in [4.78, 5) is 0.961. The molecule has 0 fully saturated rings. The van der Waals surface area contributed by atoms with E-state index in [0.29, 0.717) is 0 Å². The maximum absolute atomic E-state index is 11.7. The number of hydrogen-bond acceptors (Lipinski definition) is 1. The molecule has 0 amide bonds. The molecule has 0 bridgehead atoms. The standard InChI is InChI=1S/C12H8OS/c13-14-8-7-10-6-5-9-3-1-2-4-11(9)12(10)14/h1-8H. The topological polar surface area (TPSA) is 17.1 Å². The van der Waals surface area contributed by atoms with Crippen molar-refractivity contribution in [2.75, 3.05) is 0 Å². The molecule has 1 nitrogen and oxygen atoms in total. The number of fused-ring (bicyclic) bond motifs is 3. The molecule has 2 heteroatoms. The maximum Gasteiger partial charge on any atom is 0.0788 e. The third kappa shape index (κ3) is 0.976. The van der Waals surface area contributed by atoms with E-state index in [1.165, 1.54) is 0 Å². The van der Waals surface area contributed by atoms with Crippen LogP contribution < -0.4 is 0 Å². The van der Waals surface area contributed by atoms with Gasteiger partial charge in [0.05, 0.1) is 15.7 Å². The summed E-state index contributed by atoms with van der Waals surface area (Å²) in [6, 6.07) is 12.2. The molecule has 3 rings (SSSR count). The van der Waals surface area contributed by atoms with Crippen LogP contribution in [0.2, 0.25) is 0 Å². The monoisotopic (exact) mass is 200 g/mol. The van der Waals surface area contributed by atoms with Gasteiger partial charge in [-0.25, -0.2) is 4.21 Å². The van der Waals surface area contributed by atoms with Gasteiger partial charge in [0.1, 0.15) is 0 Å². The molecule has 2 aromatic rings. The van der Waals surface area contributed by atoms with E-state index in [4.69, 9.17) is 0 Å². The lowest BCUT2D eigenvalue weighted by atomic mass is 10.1. The quantitative estimate of drug-likeness (QED) is 0.639. The Morgan fingerprint density at radius 2 is 1.86 bits per heavy atom. The average Bonchev–Trinajstić information content (AvgIpc) is 2.61. The van der Waals surface area contributed by atoms with Crippen molar-refractivity contribution >= 4 is 27.6 Å². The van der Waals surface area contributed by atoms with Gasteiger partial charge in [0.2, 0.25) is 0 Å². The van der Waals surface area contributed by atoms with Gasteiger partial charge in [0, 0.05) is 5.41 Å². The van der Waals surface area contributed by atoms with E-state index in [0.717, 1.165) is 21.2 Å². The molecule has 0 saturated heterocycles. The van der Waals surface area contributed by atoms with Gasteiger partial charge >= 0.3 is 0 Å². The van der Waals surface area contributed by atoms with Crippen molar-refractivity contribution in [2.45, 2.75) is 4.90 Å². The minimum absolute atomic E-state index is 0.953. The van der Waals surface area contributed by atoms with E-state index in [9.17, 15) is 4.21 Å². The highest BCUT2D eigenvalue weighted by Gasteiger charge is 2.14. The molecule has 1 heterocycles. The van der Waals surface area contributed by atoms with E-state index in [1.807, 2.05) is 36.4 Å². The summed E-state index contributed by atoms with van der Waals surface area (Å²) in [7, 11) is -0.953. The fraction of sp³-hybridized carbons (Fsp3) is 0. The molecule has 2 aromatic carbocycles. The first-order valence-corrected chi connectivity index (χ1v) is 5.68. The van der Waals surface area contributed by atoms with Crippen molar-refractivity contribution in [1.29, 1.82) is 0 Å². The van der Waals surface area contributed by atoms with Gasteiger partial charge in [-0.3, -0.25) is 0 Å². The van der Waals surface area contributed by atoms with Crippen LogP contribution in [0.5, 0.6) is 0 Å². The first-order chi connectivity index (χ1) is 6.86. The molecule has 0 aliphatic carbocycles. The summed E-state index contributed by atoms with van der Waals surface area (Å²) in [5.41, 5.74) is 1.09. The van der Waals surface area contributed by atoms with Crippen LogP contribution in [0, 0.1) is 0 Å². The molecule has 0 aromatic heterocycles. The Kier molecular flexibility index (Phi) is 1.58. The predicted molar refractivity (Wildman–Crippen MR) is 59.4 cm³/mol. The highest BCUT2D eigenvalue weighted by Crippen LogP contribution is 2.31. The Morgan fingerprint density at radius 3 is 2.79 bits per heavy atom. The molecule has 1 unspecified atom stereocenters. The molecule has 0 radical (unpaired) electrons. The zero-order chi connectivity index (χ0) is 9.54. The van der Waals surface area contributed by atoms with Crippen LogP contribution in [0.15, 0.2) is 46.7 Å². The highest BCUT2D eigenvalue weighted by atomic mass is 32.2. The third-order valence-electron chi connectivity index (χ3n) is 2.48. The largest absolute Gasteiger partial charge is 0.250 e. The Hall–Kier alpha value is -1.41. The second-order valence-electron chi connectivity index (χ2n) is 3.31. The Labute approximate surface area is 84.5 Å². The van der Waals surface area contributed by atoms with Crippen molar-refractivity contribution in [3.8, 4) is 0 Å². The van der Waals surface area contributed by atoms with Crippen LogP contribution in [0.4, 0.5) is 0 Å². The van der Waals surface area contributed by atoms with Crippen LogP contribution in [-0.2, 0) is 10.8 Å². The van der Waals surface area contributed by atoms with Gasteiger partial charge in [-0.2, -0.15) is 0 Å². The lowest BCUT2D eigenvalue weighted by Crippen LogP contribution is -1.86. The van der Waals surface area contributed by atoms with Gasteiger partial charge < -0.3 is 0 Å². The molecular formula is C12H8OS. The van der Waals surface area contributed by atoms with Crippen LogP contribution in [0.1, 0.15) is 5.56 Å². The van der Waals surface area contributed by atoms with Crippen LogP contribution in [0.25, 0.3) is 16.8 Å². The fourth-order valence-corrected chi connectivity index (χ4v) is 3.00. The SMILES string of the molecule is O=S1C=Cc2ccc3ccccc3c21. The van der Waals surface area contributed by atoms with Crippen molar-refractivity contribution in [1.82, 2.24) is 0 Å². The van der Waals surface area contributed by atoms with Crippen molar-refractivity contribution < 1.29 is 4.21 Å². The molecule has 1 aliphatic heterocycles. The minimum atomic E-state index is -0.953. The number of hydrogen-bond donors (Lipinski definition) is 0. The van der Waals surface area contributed by atoms with Gasteiger partial charge in [0.25, 0.3) is 0 Å². The Morgan fingerprint density at radius 1 is 1.00 bits per heavy atom. The predicted octanol–water partition coefficient (Wildman–Crippen LogP) is 2.93. The summed E-state index contributed by atoms with van der Waals surface area (Å²) in [5, 5.41) is 4.01. The van der Waals surface area contributed by atoms with E-state index >= 15 is 0 Å². The highest BCUT2D eigenvalue weighted by molar-refractivity contribution is 7.88. The molecule has 1 atom stereocenters. The average molecular weight is 200 g/mol. The van der Waals surface area contributed by atoms with E-state index < -0.39 is 10.8 Å². The second kappa shape index (κ2) is 2.79. The molecule has 1 aliphatic rings. The summed E-state index contributed by atoms with van der Waals surface area (Å²) in [6.45, 7) is 0. The van der Waals surface area contributed by atoms with E-state index in [2.05, 4.69) is 6.07 Å². The van der Waals surface area contributed by atoms with E-state index in [1.54, 1.807) is 5.41 Å². The van der Waals surface area contributed by atoms with Gasteiger partial charge in [-0.05, 0) is 22.4 Å². The molecular weight excluding hydrogens is 192 g/mol. The Bertz CT molecular complexity index is 570. The summed E-state index contributed by atoms with van der Waals surface area (Å²) >= 11 is 0. The molecule has 14 heavy (non-hydrogen) atoms. The fourth-order valence-electron chi connectivity index (χ4n) is 1.82. The van der Waals surface area contributed by atoms with Crippen molar-refractivity contribution in [3.05, 3.63) is 47.4 Å². The zero-order valence-electron chi connectivity index (χ0n) is 7.44. The van der Waals surface area contributed by atoms with Crippen molar-refractivity contribution in [2.24, 2.45) is 0 Å². The van der Waals surface area contributed by atoms with Gasteiger partial charge in [0.15, 0.2) is 0 Å². The first-order valence-electron chi connectivity index (χ1n) is 4.47. The molecule has 0 N–H and O–H groups in total. The smallest absolute Gasteiger partial charge is 0.0788 e. The lowest BCUT2D eigenvalue weighted by Gasteiger charge is -2.03. The summed E-state index contributed by atoms with van der Waals surface area (Å²) < 4.78 is 11.7. The zero-order valence-corrected chi connectivity index (χ0v) is 8.25. The summed E-state index contributed by atoms with van der Waals surface area (Å²) in [5.74, 6) is 0. The normalized spacial score (nSPS) is 18.7. The lowest BCUT2D eigenvalue weighted by molar-refractivity contribution is 0.689. The van der Waals surface area contributed by atoms with Crippen LogP contribution in [0.3, 0.4) is 0 Å². The minimum Gasteiger partial charge on any atom is -0.250 e.